The molecule has 17 heavy (non-hydrogen) atoms. The molecule has 4 heteroatoms. The van der Waals surface area contributed by atoms with Crippen LogP contribution in [0.15, 0.2) is 18.2 Å². The second kappa shape index (κ2) is 4.35. The molecule has 0 spiro atoms. The first kappa shape index (κ1) is 11.1. The quantitative estimate of drug-likeness (QED) is 0.758. The lowest BCUT2D eigenvalue weighted by atomic mass is 9.75. The molecule has 0 unspecified atom stereocenters. The molecule has 0 radical (unpaired) electrons. The Balaban J connectivity index is 1.93. The van der Waals surface area contributed by atoms with Crippen LogP contribution in [-0.4, -0.2) is 30.3 Å². The third kappa shape index (κ3) is 2.19. The maximum Gasteiger partial charge on any atom is 0.488 e. The Kier molecular flexibility index (Phi) is 2.85. The van der Waals surface area contributed by atoms with Crippen LogP contribution in [0, 0.1) is 0 Å². The molecule has 90 valence electrons. The Hall–Kier alpha value is -0.995. The van der Waals surface area contributed by atoms with E-state index in [1.54, 1.807) is 0 Å². The molecular weight excluding hydrogens is 213 g/mol. The van der Waals surface area contributed by atoms with Crippen molar-refractivity contribution < 1.29 is 10.0 Å². The Morgan fingerprint density at radius 2 is 1.82 bits per heavy atom. The van der Waals surface area contributed by atoms with Crippen molar-refractivity contribution in [1.82, 2.24) is 0 Å². The summed E-state index contributed by atoms with van der Waals surface area (Å²) in [4.78, 5) is 2.32. The highest BCUT2D eigenvalue weighted by molar-refractivity contribution is 6.59. The summed E-state index contributed by atoms with van der Waals surface area (Å²) in [5.41, 5.74) is 2.97. The Morgan fingerprint density at radius 1 is 1.12 bits per heavy atom. The Morgan fingerprint density at radius 3 is 2.41 bits per heavy atom. The van der Waals surface area contributed by atoms with Gasteiger partial charge in [0.15, 0.2) is 0 Å². The van der Waals surface area contributed by atoms with E-state index in [0.717, 1.165) is 24.3 Å². The first-order valence-electron chi connectivity index (χ1n) is 6.50. The third-order valence-corrected chi connectivity index (χ3v) is 3.84. The lowest BCUT2D eigenvalue weighted by molar-refractivity contribution is 0.425. The van der Waals surface area contributed by atoms with Gasteiger partial charge < -0.3 is 14.9 Å². The van der Waals surface area contributed by atoms with Crippen molar-refractivity contribution in [1.29, 1.82) is 0 Å². The van der Waals surface area contributed by atoms with Crippen LogP contribution in [0.25, 0.3) is 0 Å². The molecule has 1 saturated heterocycles. The van der Waals surface area contributed by atoms with Gasteiger partial charge in [-0.15, -0.1) is 0 Å². The molecule has 0 bridgehead atoms. The van der Waals surface area contributed by atoms with Crippen LogP contribution < -0.4 is 10.4 Å². The molecule has 2 fully saturated rings. The molecule has 1 aromatic carbocycles. The van der Waals surface area contributed by atoms with E-state index in [1.807, 2.05) is 6.07 Å². The number of benzene rings is 1. The minimum Gasteiger partial charge on any atom is -0.423 e. The van der Waals surface area contributed by atoms with Gasteiger partial charge in [0.1, 0.15) is 0 Å². The van der Waals surface area contributed by atoms with Crippen LogP contribution >= 0.6 is 0 Å². The molecule has 1 saturated carbocycles. The average Bonchev–Trinajstić information content (AvgIpc) is 3.03. The van der Waals surface area contributed by atoms with Crippen LogP contribution in [0.5, 0.6) is 0 Å². The minimum atomic E-state index is -1.34. The summed E-state index contributed by atoms with van der Waals surface area (Å²) in [5, 5.41) is 19.0. The van der Waals surface area contributed by atoms with E-state index in [-0.39, 0.29) is 0 Å². The van der Waals surface area contributed by atoms with E-state index in [2.05, 4.69) is 17.0 Å². The summed E-state index contributed by atoms with van der Waals surface area (Å²) in [6.45, 7) is 2.17. The second-order valence-electron chi connectivity index (χ2n) is 5.16. The van der Waals surface area contributed by atoms with E-state index in [9.17, 15) is 10.0 Å². The summed E-state index contributed by atoms with van der Waals surface area (Å²) >= 11 is 0. The zero-order valence-electron chi connectivity index (χ0n) is 9.97. The van der Waals surface area contributed by atoms with Gasteiger partial charge in [-0.05, 0) is 54.8 Å². The number of hydrogen-bond acceptors (Lipinski definition) is 3. The first-order valence-corrected chi connectivity index (χ1v) is 6.50. The molecule has 2 N–H and O–H groups in total. The highest BCUT2D eigenvalue weighted by Crippen LogP contribution is 2.39. The number of anilines is 1. The van der Waals surface area contributed by atoms with E-state index >= 15 is 0 Å². The maximum atomic E-state index is 9.49. The minimum absolute atomic E-state index is 0.555. The monoisotopic (exact) mass is 231 g/mol. The van der Waals surface area contributed by atoms with Gasteiger partial charge in [0.05, 0.1) is 0 Å². The van der Waals surface area contributed by atoms with Crippen LogP contribution in [0.1, 0.15) is 37.2 Å². The SMILES string of the molecule is OB(O)c1cc(N2CCCC2)ccc1C1CC1. The van der Waals surface area contributed by atoms with Gasteiger partial charge in [0.2, 0.25) is 0 Å². The summed E-state index contributed by atoms with van der Waals surface area (Å²) in [6, 6.07) is 6.18. The van der Waals surface area contributed by atoms with Crippen molar-refractivity contribution in [3.8, 4) is 0 Å². The van der Waals surface area contributed by atoms with Gasteiger partial charge in [-0.1, -0.05) is 6.07 Å². The molecule has 2 aliphatic rings. The van der Waals surface area contributed by atoms with Crippen LogP contribution in [0.4, 0.5) is 5.69 Å². The fourth-order valence-corrected chi connectivity index (χ4v) is 2.72. The Bertz CT molecular complexity index is 412. The maximum absolute atomic E-state index is 9.49. The molecule has 3 rings (SSSR count). The molecule has 0 aromatic heterocycles. The molecule has 1 aromatic rings. The van der Waals surface area contributed by atoms with Crippen molar-refractivity contribution in [2.24, 2.45) is 0 Å². The number of rotatable bonds is 3. The summed E-state index contributed by atoms with van der Waals surface area (Å²) in [6.07, 6.45) is 4.84. The molecule has 1 heterocycles. The van der Waals surface area contributed by atoms with Crippen molar-refractivity contribution in [2.75, 3.05) is 18.0 Å². The normalized spacial score (nSPS) is 19.8. The van der Waals surface area contributed by atoms with Gasteiger partial charge in [-0.3, -0.25) is 0 Å². The van der Waals surface area contributed by atoms with E-state index in [0.29, 0.717) is 11.4 Å². The van der Waals surface area contributed by atoms with Crippen molar-refractivity contribution in [3.63, 3.8) is 0 Å². The number of nitrogens with zero attached hydrogens (tertiary/aromatic N) is 1. The largest absolute Gasteiger partial charge is 0.488 e. The average molecular weight is 231 g/mol. The van der Waals surface area contributed by atoms with Gasteiger partial charge in [-0.25, -0.2) is 0 Å². The fraction of sp³-hybridized carbons (Fsp3) is 0.538. The molecule has 0 atom stereocenters. The molecule has 0 amide bonds. The van der Waals surface area contributed by atoms with Gasteiger partial charge >= 0.3 is 7.12 Å². The zero-order valence-corrected chi connectivity index (χ0v) is 9.97. The highest BCUT2D eigenvalue weighted by Gasteiger charge is 2.30. The van der Waals surface area contributed by atoms with Crippen LogP contribution in [-0.2, 0) is 0 Å². The predicted octanol–water partition coefficient (Wildman–Crippen LogP) is 0.844. The Labute approximate surface area is 102 Å². The standard InChI is InChI=1S/C13H18BNO2/c16-14(17)13-9-11(15-7-1-2-8-15)5-6-12(13)10-3-4-10/h5-6,9-10,16-17H,1-4,7-8H2. The van der Waals surface area contributed by atoms with Gasteiger partial charge in [0, 0.05) is 18.8 Å². The smallest absolute Gasteiger partial charge is 0.423 e. The van der Waals surface area contributed by atoms with E-state index < -0.39 is 7.12 Å². The highest BCUT2D eigenvalue weighted by atomic mass is 16.4. The van der Waals surface area contributed by atoms with Gasteiger partial charge in [-0.2, -0.15) is 0 Å². The molecule has 3 nitrogen and oxygen atoms in total. The van der Waals surface area contributed by atoms with E-state index in [1.165, 1.54) is 25.7 Å². The van der Waals surface area contributed by atoms with Crippen molar-refractivity contribution >= 4 is 18.3 Å². The zero-order chi connectivity index (χ0) is 11.8. The van der Waals surface area contributed by atoms with Gasteiger partial charge in [0.25, 0.3) is 0 Å². The topological polar surface area (TPSA) is 43.7 Å². The third-order valence-electron chi connectivity index (χ3n) is 3.84. The molecular formula is C13H18BNO2. The molecule has 1 aliphatic heterocycles. The lowest BCUT2D eigenvalue weighted by Gasteiger charge is -2.20. The number of hydrogen-bond donors (Lipinski definition) is 2. The van der Waals surface area contributed by atoms with E-state index in [4.69, 9.17) is 0 Å². The first-order chi connectivity index (χ1) is 8.25. The van der Waals surface area contributed by atoms with Crippen molar-refractivity contribution in [3.05, 3.63) is 23.8 Å². The van der Waals surface area contributed by atoms with Crippen LogP contribution in [0.2, 0.25) is 0 Å². The molecule has 1 aliphatic carbocycles. The summed E-state index contributed by atoms with van der Waals surface area (Å²) < 4.78 is 0. The van der Waals surface area contributed by atoms with Crippen molar-refractivity contribution in [2.45, 2.75) is 31.6 Å². The second-order valence-corrected chi connectivity index (χ2v) is 5.16. The lowest BCUT2D eigenvalue weighted by Crippen LogP contribution is -2.34. The van der Waals surface area contributed by atoms with Crippen LogP contribution in [0.3, 0.4) is 0 Å². The predicted molar refractivity (Wildman–Crippen MR) is 69.7 cm³/mol. The summed E-state index contributed by atoms with van der Waals surface area (Å²) in [5.74, 6) is 0.555. The fourth-order valence-electron chi connectivity index (χ4n) is 2.72. The summed E-state index contributed by atoms with van der Waals surface area (Å²) in [7, 11) is -1.34.